The number of hydrogen-bond acceptors (Lipinski definition) is 2. The van der Waals surface area contributed by atoms with E-state index in [0.717, 1.165) is 6.04 Å². The monoisotopic (exact) mass is 422 g/mol. The average molecular weight is 423 g/mol. The second-order valence-electron chi connectivity index (χ2n) is 10.1. The fourth-order valence-corrected chi connectivity index (χ4v) is 5.08. The molecule has 1 aliphatic heterocycles. The van der Waals surface area contributed by atoms with Gasteiger partial charge in [-0.2, -0.15) is 0 Å². The van der Waals surface area contributed by atoms with Crippen molar-refractivity contribution in [3.05, 3.63) is 0 Å². The molecule has 1 atom stereocenters. The molecule has 0 bridgehead atoms. The molecule has 0 spiro atoms. The molecule has 1 fully saturated rings. The number of nitrogens with one attached hydrogen (secondary N) is 1. The van der Waals surface area contributed by atoms with E-state index in [0.29, 0.717) is 0 Å². The van der Waals surface area contributed by atoms with E-state index in [-0.39, 0.29) is 0 Å². The highest BCUT2D eigenvalue weighted by Gasteiger charge is 2.17. The first-order chi connectivity index (χ1) is 14.9. The Bertz CT molecular complexity index is 331. The minimum atomic E-state index is 0.740. The lowest BCUT2D eigenvalue weighted by Gasteiger charge is -2.32. The Morgan fingerprint density at radius 2 is 1.00 bits per heavy atom. The molecule has 0 aliphatic carbocycles. The van der Waals surface area contributed by atoms with Gasteiger partial charge in [0.2, 0.25) is 0 Å². The van der Waals surface area contributed by atoms with E-state index < -0.39 is 0 Å². The van der Waals surface area contributed by atoms with Gasteiger partial charge in [-0.3, -0.25) is 0 Å². The second kappa shape index (κ2) is 22.1. The molecule has 1 saturated heterocycles. The number of likely N-dealkylation sites (tertiary alicyclic amines) is 1. The average Bonchev–Trinajstić information content (AvgIpc) is 2.78. The van der Waals surface area contributed by atoms with Crippen LogP contribution >= 0.6 is 0 Å². The van der Waals surface area contributed by atoms with Gasteiger partial charge in [-0.25, -0.2) is 0 Å². The van der Waals surface area contributed by atoms with Gasteiger partial charge in [-0.15, -0.1) is 0 Å². The first-order valence-electron chi connectivity index (χ1n) is 14.3. The van der Waals surface area contributed by atoms with E-state index in [2.05, 4.69) is 24.2 Å². The largest absolute Gasteiger partial charge is 0.316 e. The number of hydrogen-bond donors (Lipinski definition) is 1. The highest BCUT2D eigenvalue weighted by atomic mass is 15.2. The summed E-state index contributed by atoms with van der Waals surface area (Å²) in [5.41, 5.74) is 0. The Labute approximate surface area is 191 Å². The van der Waals surface area contributed by atoms with Crippen molar-refractivity contribution in [3.63, 3.8) is 0 Å². The molecule has 1 rings (SSSR count). The molecule has 1 aliphatic rings. The molecule has 0 saturated carbocycles. The van der Waals surface area contributed by atoms with Crippen molar-refractivity contribution in [1.82, 2.24) is 10.2 Å². The summed E-state index contributed by atoms with van der Waals surface area (Å²) in [6.45, 7) is 6.24. The maximum atomic E-state index is 3.46. The van der Waals surface area contributed by atoms with Crippen LogP contribution in [0.5, 0.6) is 0 Å². The molecule has 0 aromatic heterocycles. The SMILES string of the molecule is CCCCCCCCCCCCCCCCCCCCCCN1CCCC(NC)C1. The topological polar surface area (TPSA) is 15.3 Å². The van der Waals surface area contributed by atoms with Crippen LogP contribution in [-0.4, -0.2) is 37.6 Å². The second-order valence-corrected chi connectivity index (χ2v) is 10.1. The van der Waals surface area contributed by atoms with E-state index >= 15 is 0 Å². The smallest absolute Gasteiger partial charge is 0.0192 e. The summed E-state index contributed by atoms with van der Waals surface area (Å²) in [5, 5.41) is 3.46. The molecule has 0 aromatic carbocycles. The first-order valence-corrected chi connectivity index (χ1v) is 14.3. The Morgan fingerprint density at radius 3 is 1.40 bits per heavy atom. The third-order valence-electron chi connectivity index (χ3n) is 7.24. The van der Waals surface area contributed by atoms with Crippen molar-refractivity contribution in [1.29, 1.82) is 0 Å². The number of unbranched alkanes of at least 4 members (excludes halogenated alkanes) is 19. The van der Waals surface area contributed by atoms with Crippen LogP contribution < -0.4 is 5.32 Å². The van der Waals surface area contributed by atoms with Crippen LogP contribution in [0.4, 0.5) is 0 Å². The van der Waals surface area contributed by atoms with E-state index in [4.69, 9.17) is 0 Å². The number of nitrogens with zero attached hydrogens (tertiary/aromatic N) is 1. The summed E-state index contributed by atoms with van der Waals surface area (Å²) in [7, 11) is 2.12. The number of piperidine rings is 1. The van der Waals surface area contributed by atoms with Crippen LogP contribution in [0.25, 0.3) is 0 Å². The zero-order valence-electron chi connectivity index (χ0n) is 21.2. The quantitative estimate of drug-likeness (QED) is 0.176. The van der Waals surface area contributed by atoms with Gasteiger partial charge in [0.25, 0.3) is 0 Å². The highest BCUT2D eigenvalue weighted by Crippen LogP contribution is 2.15. The van der Waals surface area contributed by atoms with Gasteiger partial charge in [-0.05, 0) is 39.4 Å². The molecule has 0 radical (unpaired) electrons. The lowest BCUT2D eigenvalue weighted by atomic mass is 10.0. The van der Waals surface area contributed by atoms with Crippen molar-refractivity contribution in [2.75, 3.05) is 26.7 Å². The van der Waals surface area contributed by atoms with Crippen LogP contribution in [0.15, 0.2) is 0 Å². The van der Waals surface area contributed by atoms with Crippen LogP contribution in [0.3, 0.4) is 0 Å². The van der Waals surface area contributed by atoms with Crippen LogP contribution in [0, 0.1) is 0 Å². The van der Waals surface area contributed by atoms with E-state index in [1.165, 1.54) is 161 Å². The third kappa shape index (κ3) is 17.6. The van der Waals surface area contributed by atoms with Gasteiger partial charge >= 0.3 is 0 Å². The summed E-state index contributed by atoms with van der Waals surface area (Å²) in [5.74, 6) is 0. The van der Waals surface area contributed by atoms with Gasteiger partial charge in [-0.1, -0.05) is 129 Å². The molecule has 0 aromatic rings. The summed E-state index contributed by atoms with van der Waals surface area (Å²) in [4.78, 5) is 2.68. The van der Waals surface area contributed by atoms with E-state index in [9.17, 15) is 0 Å². The normalized spacial score (nSPS) is 17.6. The van der Waals surface area contributed by atoms with Crippen LogP contribution in [-0.2, 0) is 0 Å². The lowest BCUT2D eigenvalue weighted by molar-refractivity contribution is 0.191. The summed E-state index contributed by atoms with van der Waals surface area (Å²) in [6.07, 6.45) is 32.1. The van der Waals surface area contributed by atoms with Crippen molar-refractivity contribution in [2.24, 2.45) is 0 Å². The van der Waals surface area contributed by atoms with Gasteiger partial charge in [0.15, 0.2) is 0 Å². The van der Waals surface area contributed by atoms with Gasteiger partial charge in [0.05, 0.1) is 0 Å². The Hall–Kier alpha value is -0.0800. The summed E-state index contributed by atoms with van der Waals surface area (Å²) < 4.78 is 0. The number of rotatable bonds is 22. The predicted octanol–water partition coefficient (Wildman–Crippen LogP) is 8.49. The lowest BCUT2D eigenvalue weighted by Crippen LogP contribution is -2.44. The molecule has 1 unspecified atom stereocenters. The van der Waals surface area contributed by atoms with Crippen molar-refractivity contribution >= 4 is 0 Å². The summed E-state index contributed by atoms with van der Waals surface area (Å²) in [6, 6.07) is 0.740. The molecule has 1 N–H and O–H groups in total. The maximum Gasteiger partial charge on any atom is 0.0192 e. The zero-order chi connectivity index (χ0) is 21.5. The van der Waals surface area contributed by atoms with Crippen molar-refractivity contribution < 1.29 is 0 Å². The Balaban J connectivity index is 1.68. The van der Waals surface area contributed by atoms with Gasteiger partial charge in [0, 0.05) is 12.6 Å². The Morgan fingerprint density at radius 1 is 0.600 bits per heavy atom. The van der Waals surface area contributed by atoms with E-state index in [1.54, 1.807) is 0 Å². The van der Waals surface area contributed by atoms with Gasteiger partial charge in [0.1, 0.15) is 0 Å². The maximum absolute atomic E-state index is 3.46. The molecular weight excluding hydrogens is 364 g/mol. The minimum Gasteiger partial charge on any atom is -0.316 e. The fourth-order valence-electron chi connectivity index (χ4n) is 5.08. The van der Waals surface area contributed by atoms with E-state index in [1.807, 2.05) is 0 Å². The van der Waals surface area contributed by atoms with Crippen LogP contribution in [0.1, 0.15) is 148 Å². The molecule has 2 heteroatoms. The standard InChI is InChI=1S/C28H58N2/c1-3-4-5-6-7-8-9-10-11-12-13-14-15-16-17-18-19-20-21-22-25-30-26-23-24-28(27-30)29-2/h28-29H,3-27H2,1-2H3. The number of likely N-dealkylation sites (N-methyl/N-ethyl adjacent to an activating group) is 1. The highest BCUT2D eigenvalue weighted by molar-refractivity contribution is 4.76. The molecular formula is C28H58N2. The predicted molar refractivity (Wildman–Crippen MR) is 137 cm³/mol. The zero-order valence-corrected chi connectivity index (χ0v) is 21.2. The molecule has 30 heavy (non-hydrogen) atoms. The van der Waals surface area contributed by atoms with Crippen molar-refractivity contribution in [3.8, 4) is 0 Å². The molecule has 2 nitrogen and oxygen atoms in total. The van der Waals surface area contributed by atoms with Crippen molar-refractivity contribution in [2.45, 2.75) is 154 Å². The minimum absolute atomic E-state index is 0.740. The van der Waals surface area contributed by atoms with Gasteiger partial charge < -0.3 is 10.2 Å². The summed E-state index contributed by atoms with van der Waals surface area (Å²) >= 11 is 0. The fraction of sp³-hybridized carbons (Fsp3) is 1.00. The first kappa shape index (κ1) is 28.0. The molecule has 180 valence electrons. The molecule has 0 amide bonds. The molecule has 1 heterocycles. The Kier molecular flexibility index (Phi) is 20.6. The third-order valence-corrected chi connectivity index (χ3v) is 7.24. The van der Waals surface area contributed by atoms with Crippen LogP contribution in [0.2, 0.25) is 0 Å².